The second-order valence-electron chi connectivity index (χ2n) is 4.24. The van der Waals surface area contributed by atoms with Crippen LogP contribution >= 0.6 is 0 Å². The molecule has 0 saturated carbocycles. The summed E-state index contributed by atoms with van der Waals surface area (Å²) in [6.45, 7) is 1.03. The van der Waals surface area contributed by atoms with Gasteiger partial charge in [-0.3, -0.25) is 9.59 Å². The third kappa shape index (κ3) is 6.31. The van der Waals surface area contributed by atoms with E-state index in [9.17, 15) is 9.59 Å². The van der Waals surface area contributed by atoms with Crippen LogP contribution in [-0.2, 0) is 32.2 Å². The molecule has 6 nitrogen and oxygen atoms in total. The molecule has 0 fully saturated rings. The number of rotatable bonds is 8. The van der Waals surface area contributed by atoms with Gasteiger partial charge in [0, 0.05) is 27.3 Å². The van der Waals surface area contributed by atoms with Crippen LogP contribution in [0.1, 0.15) is 11.1 Å². The lowest BCUT2D eigenvalue weighted by Crippen LogP contribution is -2.27. The normalized spacial score (nSPS) is 10.1. The summed E-state index contributed by atoms with van der Waals surface area (Å²) in [4.78, 5) is 22.5. The summed E-state index contributed by atoms with van der Waals surface area (Å²) in [6, 6.07) is 7.63. The summed E-state index contributed by atoms with van der Waals surface area (Å²) in [5.41, 5.74) is 1.97. The van der Waals surface area contributed by atoms with Gasteiger partial charge in [0.25, 0.3) is 0 Å². The lowest BCUT2D eigenvalue weighted by atomic mass is 10.1. The Kier molecular flexibility index (Phi) is 7.31. The van der Waals surface area contributed by atoms with E-state index in [1.54, 1.807) is 0 Å². The van der Waals surface area contributed by atoms with E-state index < -0.39 is 0 Å². The van der Waals surface area contributed by atoms with E-state index in [2.05, 4.69) is 10.6 Å². The number of methoxy groups -OCH3 is 2. The van der Waals surface area contributed by atoms with Gasteiger partial charge >= 0.3 is 0 Å². The molecule has 110 valence electrons. The van der Waals surface area contributed by atoms with Crippen molar-refractivity contribution in [3.05, 3.63) is 35.4 Å². The van der Waals surface area contributed by atoms with Crippen LogP contribution in [0.25, 0.3) is 0 Å². The second-order valence-corrected chi connectivity index (χ2v) is 4.24. The second kappa shape index (κ2) is 9.06. The Bertz CT molecular complexity index is 390. The largest absolute Gasteiger partial charge is 0.375 e. The van der Waals surface area contributed by atoms with E-state index in [4.69, 9.17) is 9.47 Å². The fourth-order valence-corrected chi connectivity index (χ4v) is 1.54. The Hall–Kier alpha value is -1.92. The number of nitrogens with one attached hydrogen (secondary N) is 2. The lowest BCUT2D eigenvalue weighted by Gasteiger charge is -2.07. The van der Waals surface area contributed by atoms with Crippen molar-refractivity contribution in [1.29, 1.82) is 0 Å². The molecule has 2 N–H and O–H groups in total. The van der Waals surface area contributed by atoms with Crippen LogP contribution in [0.5, 0.6) is 0 Å². The topological polar surface area (TPSA) is 76.7 Å². The van der Waals surface area contributed by atoms with Crippen molar-refractivity contribution in [3.63, 3.8) is 0 Å². The number of hydrogen-bond acceptors (Lipinski definition) is 4. The van der Waals surface area contributed by atoms with Crippen LogP contribution < -0.4 is 10.6 Å². The molecule has 0 spiro atoms. The molecule has 0 aromatic heterocycles. The van der Waals surface area contributed by atoms with Crippen molar-refractivity contribution in [2.75, 3.05) is 27.4 Å². The number of amides is 2. The molecule has 0 heterocycles. The maximum absolute atomic E-state index is 11.2. The van der Waals surface area contributed by atoms with Gasteiger partial charge in [0.15, 0.2) is 0 Å². The van der Waals surface area contributed by atoms with Crippen LogP contribution in [0.15, 0.2) is 24.3 Å². The van der Waals surface area contributed by atoms with Crippen molar-refractivity contribution in [3.8, 4) is 0 Å². The summed E-state index contributed by atoms with van der Waals surface area (Å²) >= 11 is 0. The Morgan fingerprint density at radius 3 is 1.50 bits per heavy atom. The maximum atomic E-state index is 11.2. The highest BCUT2D eigenvalue weighted by atomic mass is 16.5. The molecule has 1 rings (SSSR count). The van der Waals surface area contributed by atoms with Crippen LogP contribution in [-0.4, -0.2) is 39.2 Å². The van der Waals surface area contributed by atoms with Gasteiger partial charge in [0.1, 0.15) is 13.2 Å². The molecule has 0 aliphatic carbocycles. The molecule has 0 bridgehead atoms. The zero-order valence-electron chi connectivity index (χ0n) is 11.8. The van der Waals surface area contributed by atoms with Gasteiger partial charge in [-0.05, 0) is 11.1 Å². The van der Waals surface area contributed by atoms with E-state index in [0.717, 1.165) is 11.1 Å². The van der Waals surface area contributed by atoms with Crippen LogP contribution in [0.4, 0.5) is 0 Å². The summed E-state index contributed by atoms with van der Waals surface area (Å²) in [6.07, 6.45) is 0. The van der Waals surface area contributed by atoms with Crippen molar-refractivity contribution >= 4 is 11.8 Å². The molecule has 0 atom stereocenters. The van der Waals surface area contributed by atoms with E-state index in [1.807, 2.05) is 24.3 Å². The van der Waals surface area contributed by atoms with Crippen LogP contribution in [0.2, 0.25) is 0 Å². The molecule has 0 aliphatic heterocycles. The SMILES string of the molecule is COCC(=O)NCc1ccc(CNC(=O)COC)cc1. The summed E-state index contributed by atoms with van der Waals surface area (Å²) in [5.74, 6) is -0.299. The molecule has 0 radical (unpaired) electrons. The Morgan fingerprint density at radius 2 is 1.20 bits per heavy atom. The van der Waals surface area contributed by atoms with E-state index in [-0.39, 0.29) is 25.0 Å². The molecular formula is C14H20N2O4. The number of benzene rings is 1. The highest BCUT2D eigenvalue weighted by Crippen LogP contribution is 2.04. The minimum absolute atomic E-state index is 0.0591. The first kappa shape index (κ1) is 16.1. The van der Waals surface area contributed by atoms with E-state index in [1.165, 1.54) is 14.2 Å². The fraction of sp³-hybridized carbons (Fsp3) is 0.429. The van der Waals surface area contributed by atoms with Crippen molar-refractivity contribution in [2.24, 2.45) is 0 Å². The average molecular weight is 280 g/mol. The Balaban J connectivity index is 2.36. The van der Waals surface area contributed by atoms with Gasteiger partial charge in [0.05, 0.1) is 0 Å². The van der Waals surface area contributed by atoms with Gasteiger partial charge in [0.2, 0.25) is 11.8 Å². The van der Waals surface area contributed by atoms with Gasteiger partial charge in [-0.1, -0.05) is 24.3 Å². The minimum Gasteiger partial charge on any atom is -0.375 e. The monoisotopic (exact) mass is 280 g/mol. The predicted octanol–water partition coefficient (Wildman–Crippen LogP) is 0.212. The smallest absolute Gasteiger partial charge is 0.246 e. The third-order valence-electron chi connectivity index (χ3n) is 2.55. The Labute approximate surface area is 118 Å². The molecular weight excluding hydrogens is 260 g/mol. The van der Waals surface area contributed by atoms with Crippen molar-refractivity contribution in [2.45, 2.75) is 13.1 Å². The predicted molar refractivity (Wildman–Crippen MR) is 73.9 cm³/mol. The zero-order chi connectivity index (χ0) is 14.8. The van der Waals surface area contributed by atoms with E-state index >= 15 is 0 Å². The van der Waals surface area contributed by atoms with Crippen molar-refractivity contribution in [1.82, 2.24) is 10.6 Å². The standard InChI is InChI=1S/C14H20N2O4/c1-19-9-13(17)15-7-11-3-5-12(6-4-11)8-16-14(18)10-20-2/h3-6H,7-10H2,1-2H3,(H,15,17)(H,16,18). The van der Waals surface area contributed by atoms with Crippen LogP contribution in [0, 0.1) is 0 Å². The first-order valence-corrected chi connectivity index (χ1v) is 6.24. The molecule has 0 saturated heterocycles. The molecule has 2 amide bonds. The summed E-state index contributed by atoms with van der Waals surface area (Å²) in [5, 5.41) is 5.47. The molecule has 20 heavy (non-hydrogen) atoms. The van der Waals surface area contributed by atoms with Crippen LogP contribution in [0.3, 0.4) is 0 Å². The molecule has 6 heteroatoms. The quantitative estimate of drug-likeness (QED) is 0.714. The lowest BCUT2D eigenvalue weighted by molar-refractivity contribution is -0.125. The molecule has 0 aliphatic rings. The van der Waals surface area contributed by atoms with Gasteiger partial charge in [-0.15, -0.1) is 0 Å². The van der Waals surface area contributed by atoms with Gasteiger partial charge in [-0.25, -0.2) is 0 Å². The fourth-order valence-electron chi connectivity index (χ4n) is 1.54. The number of ether oxygens (including phenoxy) is 2. The van der Waals surface area contributed by atoms with Crippen molar-refractivity contribution < 1.29 is 19.1 Å². The summed E-state index contributed by atoms with van der Waals surface area (Å²) < 4.78 is 9.45. The van der Waals surface area contributed by atoms with Gasteiger partial charge in [-0.2, -0.15) is 0 Å². The minimum atomic E-state index is -0.150. The molecule has 1 aromatic rings. The highest BCUT2D eigenvalue weighted by molar-refractivity contribution is 5.77. The zero-order valence-corrected chi connectivity index (χ0v) is 11.8. The maximum Gasteiger partial charge on any atom is 0.246 e. The average Bonchev–Trinajstić information content (AvgIpc) is 2.45. The number of carbonyl (C=O) groups excluding carboxylic acids is 2. The number of hydrogen-bond donors (Lipinski definition) is 2. The highest BCUT2D eigenvalue weighted by Gasteiger charge is 2.02. The Morgan fingerprint density at radius 1 is 0.850 bits per heavy atom. The number of carbonyl (C=O) groups is 2. The third-order valence-corrected chi connectivity index (χ3v) is 2.55. The first-order chi connectivity index (χ1) is 9.65. The van der Waals surface area contributed by atoms with E-state index in [0.29, 0.717) is 13.1 Å². The molecule has 1 aromatic carbocycles. The summed E-state index contributed by atoms with van der Waals surface area (Å²) in [7, 11) is 2.96. The van der Waals surface area contributed by atoms with Gasteiger partial charge < -0.3 is 20.1 Å². The molecule has 0 unspecified atom stereocenters. The first-order valence-electron chi connectivity index (χ1n) is 6.24.